The summed E-state index contributed by atoms with van der Waals surface area (Å²) in [5.74, 6) is -1.04. The predicted molar refractivity (Wildman–Crippen MR) is 70.8 cm³/mol. The largest absolute Gasteiger partial charge is 0.508 e. The Morgan fingerprint density at radius 1 is 1.11 bits per heavy atom. The number of rotatable bonds is 1. The fourth-order valence-electron chi connectivity index (χ4n) is 1.88. The second-order valence-corrected chi connectivity index (χ2v) is 4.60. The highest BCUT2D eigenvalue weighted by molar-refractivity contribution is 6.39. The summed E-state index contributed by atoms with van der Waals surface area (Å²) in [5, 5.41) is 11.7. The molecule has 1 fully saturated rings. The monoisotopic (exact) mass is 263 g/mol. The third-order valence-corrected chi connectivity index (χ3v) is 3.11. The molecular formula is C13H17N3O3. The van der Waals surface area contributed by atoms with Crippen molar-refractivity contribution in [1.29, 1.82) is 0 Å². The summed E-state index contributed by atoms with van der Waals surface area (Å²) in [6, 6.07) is 6.00. The topological polar surface area (TPSA) is 72.9 Å². The van der Waals surface area contributed by atoms with Gasteiger partial charge in [-0.15, -0.1) is 0 Å². The molecule has 1 aromatic rings. The van der Waals surface area contributed by atoms with E-state index < -0.39 is 11.8 Å². The Morgan fingerprint density at radius 2 is 1.68 bits per heavy atom. The van der Waals surface area contributed by atoms with Gasteiger partial charge < -0.3 is 20.2 Å². The highest BCUT2D eigenvalue weighted by Crippen LogP contribution is 2.13. The van der Waals surface area contributed by atoms with Crippen LogP contribution in [0.3, 0.4) is 0 Å². The quantitative estimate of drug-likeness (QED) is 0.557. The number of likely N-dealkylation sites (N-methyl/N-ethyl adjacent to an activating group) is 1. The van der Waals surface area contributed by atoms with E-state index >= 15 is 0 Å². The van der Waals surface area contributed by atoms with E-state index in [4.69, 9.17) is 5.11 Å². The maximum atomic E-state index is 11.9. The maximum Gasteiger partial charge on any atom is 0.313 e. The molecule has 0 aliphatic carbocycles. The van der Waals surface area contributed by atoms with Gasteiger partial charge in [0.1, 0.15) is 5.75 Å². The Kier molecular flexibility index (Phi) is 4.01. The van der Waals surface area contributed by atoms with E-state index in [-0.39, 0.29) is 5.75 Å². The Labute approximate surface area is 111 Å². The summed E-state index contributed by atoms with van der Waals surface area (Å²) in [6.45, 7) is 2.69. The molecule has 2 amide bonds. The van der Waals surface area contributed by atoms with Crippen LogP contribution in [0.15, 0.2) is 24.3 Å². The molecule has 0 bridgehead atoms. The minimum atomic E-state index is -0.643. The van der Waals surface area contributed by atoms with Crippen molar-refractivity contribution in [2.45, 2.75) is 0 Å². The fraction of sp³-hybridized carbons (Fsp3) is 0.385. The number of hydrogen-bond acceptors (Lipinski definition) is 4. The van der Waals surface area contributed by atoms with Gasteiger partial charge in [-0.2, -0.15) is 0 Å². The third kappa shape index (κ3) is 3.45. The molecule has 0 saturated carbocycles. The summed E-state index contributed by atoms with van der Waals surface area (Å²) in [4.78, 5) is 27.4. The Balaban J connectivity index is 1.92. The van der Waals surface area contributed by atoms with Crippen LogP contribution in [0.4, 0.5) is 5.69 Å². The first-order valence-electron chi connectivity index (χ1n) is 6.14. The van der Waals surface area contributed by atoms with Gasteiger partial charge in [-0.3, -0.25) is 9.59 Å². The van der Waals surface area contributed by atoms with E-state index in [0.29, 0.717) is 18.8 Å². The van der Waals surface area contributed by atoms with Gasteiger partial charge >= 0.3 is 11.8 Å². The number of hydrogen-bond donors (Lipinski definition) is 2. The summed E-state index contributed by atoms with van der Waals surface area (Å²) >= 11 is 0. The van der Waals surface area contributed by atoms with E-state index in [1.165, 1.54) is 12.1 Å². The highest BCUT2D eigenvalue weighted by atomic mass is 16.3. The number of benzene rings is 1. The van der Waals surface area contributed by atoms with Crippen LogP contribution in [-0.2, 0) is 9.59 Å². The van der Waals surface area contributed by atoms with Gasteiger partial charge in [0.15, 0.2) is 0 Å². The molecule has 19 heavy (non-hydrogen) atoms. The van der Waals surface area contributed by atoms with Crippen molar-refractivity contribution in [2.24, 2.45) is 0 Å². The lowest BCUT2D eigenvalue weighted by Crippen LogP contribution is -2.50. The molecule has 0 spiro atoms. The molecule has 1 heterocycles. The van der Waals surface area contributed by atoms with Gasteiger partial charge in [0.05, 0.1) is 0 Å². The van der Waals surface area contributed by atoms with Crippen molar-refractivity contribution in [3.05, 3.63) is 24.3 Å². The summed E-state index contributed by atoms with van der Waals surface area (Å²) < 4.78 is 0. The predicted octanol–water partition coefficient (Wildman–Crippen LogP) is 0.105. The number of carbonyl (C=O) groups excluding carboxylic acids is 2. The number of phenols is 1. The third-order valence-electron chi connectivity index (χ3n) is 3.11. The normalized spacial score (nSPS) is 16.2. The van der Waals surface area contributed by atoms with Crippen LogP contribution in [0.1, 0.15) is 0 Å². The van der Waals surface area contributed by atoms with Crippen molar-refractivity contribution >= 4 is 17.5 Å². The average molecular weight is 263 g/mol. The minimum Gasteiger partial charge on any atom is -0.508 e. The van der Waals surface area contributed by atoms with Crippen molar-refractivity contribution in [2.75, 3.05) is 38.5 Å². The second-order valence-electron chi connectivity index (χ2n) is 4.60. The first kappa shape index (κ1) is 13.4. The number of nitrogens with zero attached hydrogens (tertiary/aromatic N) is 2. The first-order valence-corrected chi connectivity index (χ1v) is 6.14. The first-order chi connectivity index (χ1) is 9.06. The number of carbonyl (C=O) groups is 2. The van der Waals surface area contributed by atoms with Crippen LogP contribution < -0.4 is 5.32 Å². The Morgan fingerprint density at radius 3 is 2.26 bits per heavy atom. The summed E-state index contributed by atoms with van der Waals surface area (Å²) in [5.41, 5.74) is 0.491. The van der Waals surface area contributed by atoms with Crippen LogP contribution in [0.2, 0.25) is 0 Å². The molecule has 2 rings (SSSR count). The highest BCUT2D eigenvalue weighted by Gasteiger charge is 2.24. The molecule has 0 radical (unpaired) electrons. The minimum absolute atomic E-state index is 0.114. The van der Waals surface area contributed by atoms with E-state index in [2.05, 4.69) is 10.2 Å². The van der Waals surface area contributed by atoms with Crippen molar-refractivity contribution < 1.29 is 14.7 Å². The van der Waals surface area contributed by atoms with Crippen LogP contribution >= 0.6 is 0 Å². The van der Waals surface area contributed by atoms with Crippen molar-refractivity contribution in [3.63, 3.8) is 0 Å². The smallest absolute Gasteiger partial charge is 0.313 e. The zero-order valence-corrected chi connectivity index (χ0v) is 10.8. The Bertz CT molecular complexity index is 465. The van der Waals surface area contributed by atoms with Crippen LogP contribution in [-0.4, -0.2) is 59.9 Å². The molecule has 0 atom stereocenters. The summed E-state index contributed by atoms with van der Waals surface area (Å²) in [6.07, 6.45) is 0. The molecular weight excluding hydrogens is 246 g/mol. The molecule has 6 heteroatoms. The van der Waals surface area contributed by atoms with Crippen LogP contribution in [0.5, 0.6) is 5.75 Å². The number of phenolic OH excluding ortho intramolecular Hbond substituents is 1. The number of anilines is 1. The van der Waals surface area contributed by atoms with E-state index in [0.717, 1.165) is 13.1 Å². The van der Waals surface area contributed by atoms with Crippen molar-refractivity contribution in [3.8, 4) is 5.75 Å². The van der Waals surface area contributed by atoms with Crippen molar-refractivity contribution in [1.82, 2.24) is 9.80 Å². The lowest BCUT2D eigenvalue weighted by molar-refractivity contribution is -0.144. The molecule has 0 aromatic heterocycles. The molecule has 2 N–H and O–H groups in total. The van der Waals surface area contributed by atoms with Crippen LogP contribution in [0.25, 0.3) is 0 Å². The van der Waals surface area contributed by atoms with Gasteiger partial charge in [-0.1, -0.05) is 0 Å². The zero-order chi connectivity index (χ0) is 13.8. The average Bonchev–Trinajstić information content (AvgIpc) is 2.41. The Hall–Kier alpha value is -2.08. The van der Waals surface area contributed by atoms with E-state index in [9.17, 15) is 9.59 Å². The molecule has 6 nitrogen and oxygen atoms in total. The molecule has 0 unspecified atom stereocenters. The van der Waals surface area contributed by atoms with Gasteiger partial charge in [0.2, 0.25) is 0 Å². The lowest BCUT2D eigenvalue weighted by atomic mass is 10.3. The standard InChI is InChI=1S/C13H17N3O3/c1-15-6-8-16(9-7-15)13(19)12(18)14-10-2-4-11(17)5-3-10/h2-5,17H,6-9H2,1H3,(H,14,18). The molecule has 1 saturated heterocycles. The summed E-state index contributed by atoms with van der Waals surface area (Å²) in [7, 11) is 1.98. The van der Waals surface area contributed by atoms with Crippen LogP contribution in [0, 0.1) is 0 Å². The van der Waals surface area contributed by atoms with Gasteiger partial charge in [-0.25, -0.2) is 0 Å². The lowest BCUT2D eigenvalue weighted by Gasteiger charge is -2.31. The van der Waals surface area contributed by atoms with E-state index in [1.54, 1.807) is 17.0 Å². The molecule has 102 valence electrons. The van der Waals surface area contributed by atoms with Gasteiger partial charge in [0.25, 0.3) is 0 Å². The number of amides is 2. The molecule has 1 aliphatic heterocycles. The SMILES string of the molecule is CN1CCN(C(=O)C(=O)Nc2ccc(O)cc2)CC1. The van der Waals surface area contributed by atoms with Gasteiger partial charge in [-0.05, 0) is 31.3 Å². The second kappa shape index (κ2) is 5.71. The van der Waals surface area contributed by atoms with Gasteiger partial charge in [0, 0.05) is 31.9 Å². The number of aromatic hydroxyl groups is 1. The maximum absolute atomic E-state index is 11.9. The van der Waals surface area contributed by atoms with E-state index in [1.807, 2.05) is 7.05 Å². The zero-order valence-electron chi connectivity index (χ0n) is 10.8. The fourth-order valence-corrected chi connectivity index (χ4v) is 1.88. The number of piperazine rings is 1. The number of nitrogens with one attached hydrogen (secondary N) is 1. The molecule has 1 aromatic carbocycles. The molecule has 1 aliphatic rings.